The predicted octanol–water partition coefficient (Wildman–Crippen LogP) is 9.47. The van der Waals surface area contributed by atoms with Crippen molar-refractivity contribution >= 4 is 41.3 Å². The molecule has 2 aromatic heterocycles. The summed E-state index contributed by atoms with van der Waals surface area (Å²) < 4.78 is 103. The van der Waals surface area contributed by atoms with Gasteiger partial charge in [0.25, 0.3) is 0 Å². The Bertz CT molecular complexity index is 2380. The van der Waals surface area contributed by atoms with Gasteiger partial charge < -0.3 is 15.4 Å². The van der Waals surface area contributed by atoms with Crippen molar-refractivity contribution < 1.29 is 29.4 Å². The number of hydrogen-bond acceptors (Lipinski definition) is 7. The van der Waals surface area contributed by atoms with Crippen molar-refractivity contribution in [2.75, 3.05) is 36.8 Å². The first kappa shape index (κ1) is 36.1. The number of nitrogens with two attached hydrogens (primary N) is 1. The first-order valence-corrected chi connectivity index (χ1v) is 21.9. The Balaban J connectivity index is 1.35. The third-order valence-corrected chi connectivity index (χ3v) is 19.1. The Morgan fingerprint density at radius 3 is 2.52 bits per heavy atom. The molecule has 2 saturated heterocycles. The minimum absolute atomic E-state index is 0.0469. The zero-order valence-electron chi connectivity index (χ0n) is 34.6. The van der Waals surface area contributed by atoms with E-state index in [2.05, 4.69) is 68.0 Å². The molecule has 5 atom stereocenters. The molecule has 2 aromatic carbocycles. The number of benzene rings is 2. The fraction of sp³-hybridized carbons (Fsp3) is 0.512. The van der Waals surface area contributed by atoms with Crippen molar-refractivity contribution in [2.24, 2.45) is 5.92 Å². The molecule has 4 aliphatic rings. The van der Waals surface area contributed by atoms with Crippen molar-refractivity contribution in [3.8, 4) is 28.7 Å². The molecule has 5 heterocycles. The Hall–Kier alpha value is -4.28. The summed E-state index contributed by atoms with van der Waals surface area (Å²) in [6.07, 6.45) is 4.07. The summed E-state index contributed by atoms with van der Waals surface area (Å²) in [4.78, 5) is 17.0. The highest BCUT2D eigenvalue weighted by molar-refractivity contribution is 6.90. The van der Waals surface area contributed by atoms with E-state index in [0.29, 0.717) is 25.8 Å². The van der Waals surface area contributed by atoms with Gasteiger partial charge in [0.2, 0.25) is 0 Å². The summed E-state index contributed by atoms with van der Waals surface area (Å²) in [5.41, 5.74) is 8.43. The van der Waals surface area contributed by atoms with Crippen LogP contribution in [-0.4, -0.2) is 78.0 Å². The van der Waals surface area contributed by atoms with Gasteiger partial charge in [-0.25, -0.2) is 22.0 Å². The molecule has 1 aliphatic carbocycles. The first-order valence-electron chi connectivity index (χ1n) is 20.7. The van der Waals surface area contributed by atoms with Crippen molar-refractivity contribution in [1.29, 1.82) is 0 Å². The second-order valence-electron chi connectivity index (χ2n) is 16.9. The molecule has 56 heavy (non-hydrogen) atoms. The van der Waals surface area contributed by atoms with Crippen LogP contribution >= 0.6 is 0 Å². The SMILES string of the molecule is [2H]C([2H])(Oc1nc(N2CC=CC[C@H]3[C@H](F)[C@H]32)c2cnc(-c3cc(N)cc4cc(F)c(F)c(C#C[Si](C(C)C)(C(C)C)C(C)C)c34)c(F)c2n1)[C@@]12CCCN1C[C@H](F)C2. The molecule has 1 saturated carbocycles. The number of aromatic nitrogens is 3. The van der Waals surface area contributed by atoms with Gasteiger partial charge in [-0.1, -0.05) is 59.6 Å². The zero-order valence-corrected chi connectivity index (χ0v) is 33.6. The van der Waals surface area contributed by atoms with Gasteiger partial charge in [0.15, 0.2) is 17.5 Å². The predicted molar refractivity (Wildman–Crippen MR) is 214 cm³/mol. The Labute approximate surface area is 328 Å². The summed E-state index contributed by atoms with van der Waals surface area (Å²) in [6, 6.07) is 2.82. The van der Waals surface area contributed by atoms with Gasteiger partial charge in [-0.05, 0) is 66.0 Å². The molecule has 3 fully saturated rings. The number of hydrogen-bond donors (Lipinski definition) is 1. The number of halogens is 5. The maximum atomic E-state index is 17.5. The number of allylic oxidation sites excluding steroid dienone is 1. The number of nitrogen functional groups attached to an aromatic ring is 1. The molecular weight excluding hydrogens is 740 g/mol. The molecule has 296 valence electrons. The van der Waals surface area contributed by atoms with Gasteiger partial charge in [0.1, 0.15) is 44.0 Å². The smallest absolute Gasteiger partial charge is 0.319 e. The molecule has 0 spiro atoms. The number of rotatable bonds is 8. The molecule has 0 amide bonds. The molecular formula is C43H49F5N6OSi. The Morgan fingerprint density at radius 1 is 1.04 bits per heavy atom. The van der Waals surface area contributed by atoms with Gasteiger partial charge in [-0.3, -0.25) is 9.88 Å². The summed E-state index contributed by atoms with van der Waals surface area (Å²) in [5.74, 6) is -0.452. The molecule has 0 bridgehead atoms. The summed E-state index contributed by atoms with van der Waals surface area (Å²) >= 11 is 0. The third kappa shape index (κ3) is 6.22. The summed E-state index contributed by atoms with van der Waals surface area (Å²) in [7, 11) is -2.46. The quantitative estimate of drug-likeness (QED) is 0.0627. The van der Waals surface area contributed by atoms with E-state index in [0.717, 1.165) is 6.07 Å². The standard InChI is InChI=1S/C43H49F5N6OSi/c1-23(2)56(24(3)4,25(5)6)15-11-29-34-26(17-33(45)35(29)46)16-28(49)18-31(34)38-37(48)39-32(20-50-38)41(54-14-8-7-10-30-36(47)40(30)54)52-42(51-39)55-22-43-12-9-13-53(43)21-27(44)19-43/h7-8,16-18,20,23-25,27,30,36,40H,9-10,12-14,19,21-22,49H2,1-6H3/t27-,30+,36+,40+,43+/m1/s1/i22D2. The fourth-order valence-electron chi connectivity index (χ4n) is 10.1. The van der Waals surface area contributed by atoms with E-state index in [1.54, 1.807) is 9.80 Å². The van der Waals surface area contributed by atoms with Crippen molar-refractivity contribution in [3.63, 3.8) is 0 Å². The van der Waals surface area contributed by atoms with E-state index in [1.165, 1.54) is 18.3 Å². The average molecular weight is 791 g/mol. The molecule has 0 unspecified atom stereocenters. The molecule has 3 aliphatic heterocycles. The van der Waals surface area contributed by atoms with Crippen LogP contribution in [-0.2, 0) is 0 Å². The monoisotopic (exact) mass is 790 g/mol. The maximum Gasteiger partial charge on any atom is 0.319 e. The Morgan fingerprint density at radius 2 is 1.79 bits per heavy atom. The van der Waals surface area contributed by atoms with Crippen LogP contribution in [0.5, 0.6) is 6.01 Å². The molecule has 13 heteroatoms. The highest BCUT2D eigenvalue weighted by Crippen LogP contribution is 2.48. The van der Waals surface area contributed by atoms with Crippen LogP contribution in [0.1, 0.15) is 75.5 Å². The van der Waals surface area contributed by atoms with Crippen LogP contribution in [0.15, 0.2) is 36.5 Å². The summed E-state index contributed by atoms with van der Waals surface area (Å²) in [5, 5.41) is 0.424. The van der Waals surface area contributed by atoms with E-state index in [-0.39, 0.29) is 92.1 Å². The van der Waals surface area contributed by atoms with E-state index in [1.807, 2.05) is 12.2 Å². The highest BCUT2D eigenvalue weighted by Gasteiger charge is 2.55. The molecule has 7 nitrogen and oxygen atoms in total. The maximum absolute atomic E-state index is 17.5. The average Bonchev–Trinajstić information content (AvgIpc) is 3.50. The van der Waals surface area contributed by atoms with Gasteiger partial charge in [-0.2, -0.15) is 9.97 Å². The van der Waals surface area contributed by atoms with Gasteiger partial charge in [0, 0.05) is 48.3 Å². The third-order valence-electron chi connectivity index (χ3n) is 12.8. The molecule has 2 N–H and O–H groups in total. The van der Waals surface area contributed by atoms with E-state index in [4.69, 9.17) is 13.2 Å². The van der Waals surface area contributed by atoms with Crippen LogP contribution < -0.4 is 15.4 Å². The number of anilines is 2. The van der Waals surface area contributed by atoms with Gasteiger partial charge in [0.05, 0.1) is 25.3 Å². The van der Waals surface area contributed by atoms with Crippen LogP contribution in [0.2, 0.25) is 16.6 Å². The lowest BCUT2D eigenvalue weighted by atomic mass is 9.95. The van der Waals surface area contributed by atoms with Crippen LogP contribution in [0.25, 0.3) is 32.9 Å². The van der Waals surface area contributed by atoms with Crippen molar-refractivity contribution in [2.45, 2.75) is 108 Å². The highest BCUT2D eigenvalue weighted by atomic mass is 28.3. The lowest BCUT2D eigenvalue weighted by Crippen LogP contribution is -2.43. The zero-order chi connectivity index (χ0) is 41.6. The van der Waals surface area contributed by atoms with E-state index >= 15 is 17.6 Å². The topological polar surface area (TPSA) is 80.4 Å². The van der Waals surface area contributed by atoms with Crippen molar-refractivity contribution in [3.05, 3.63) is 59.6 Å². The first-order chi connectivity index (χ1) is 27.4. The second kappa shape index (κ2) is 14.3. The molecule has 4 aromatic rings. The largest absolute Gasteiger partial charge is 0.461 e. The van der Waals surface area contributed by atoms with Crippen molar-refractivity contribution in [1.82, 2.24) is 19.9 Å². The minimum Gasteiger partial charge on any atom is -0.461 e. The second-order valence-corrected chi connectivity index (χ2v) is 22.5. The number of ether oxygens (including phenoxy) is 1. The lowest BCUT2D eigenvalue weighted by molar-refractivity contribution is 0.107. The van der Waals surface area contributed by atoms with Crippen LogP contribution in [0, 0.1) is 34.8 Å². The summed E-state index contributed by atoms with van der Waals surface area (Å²) in [6.45, 7) is 10.9. The lowest BCUT2D eigenvalue weighted by Gasteiger charge is -2.38. The van der Waals surface area contributed by atoms with Gasteiger partial charge >= 0.3 is 6.01 Å². The molecule has 0 radical (unpaired) electrons. The molecule has 8 rings (SSSR count). The fourth-order valence-corrected chi connectivity index (χ4v) is 15.3. The van der Waals surface area contributed by atoms with E-state index < -0.39 is 62.0 Å². The normalized spacial score (nSPS) is 25.7. The number of nitrogens with zero attached hydrogens (tertiary/aromatic N) is 5. The van der Waals surface area contributed by atoms with Crippen LogP contribution in [0.4, 0.5) is 33.5 Å². The Kier molecular flexibility index (Phi) is 9.20. The van der Waals surface area contributed by atoms with Gasteiger partial charge in [-0.15, -0.1) is 5.54 Å². The van der Waals surface area contributed by atoms with E-state index in [9.17, 15) is 4.39 Å². The minimum atomic E-state index is -2.50. The number of pyridine rings is 1. The number of alkyl halides is 2. The number of fused-ring (bicyclic) bond motifs is 4. The van der Waals surface area contributed by atoms with Crippen LogP contribution in [0.3, 0.4) is 0 Å².